The van der Waals surface area contributed by atoms with E-state index < -0.39 is 5.97 Å². The molecule has 1 heterocycles. The molecule has 1 aromatic heterocycles. The van der Waals surface area contributed by atoms with Crippen LogP contribution in [-0.2, 0) is 18.3 Å². The van der Waals surface area contributed by atoms with Gasteiger partial charge in [0, 0.05) is 23.5 Å². The van der Waals surface area contributed by atoms with E-state index in [9.17, 15) is 4.79 Å². The maximum absolute atomic E-state index is 10.7. The lowest BCUT2D eigenvalue weighted by Crippen LogP contribution is -2.04. The highest BCUT2D eigenvalue weighted by atomic mass is 79.9. The average Bonchev–Trinajstić information content (AvgIpc) is 2.63. The molecule has 0 aliphatic carbocycles. The summed E-state index contributed by atoms with van der Waals surface area (Å²) in [6.07, 6.45) is 0.539. The first kappa shape index (κ1) is 13.8. The first-order valence-corrected chi connectivity index (χ1v) is 6.79. The van der Waals surface area contributed by atoms with Crippen molar-refractivity contribution in [2.75, 3.05) is 0 Å². The van der Waals surface area contributed by atoms with E-state index in [2.05, 4.69) is 20.9 Å². The van der Waals surface area contributed by atoms with Crippen LogP contribution in [0.2, 0.25) is 0 Å². The summed E-state index contributed by atoms with van der Waals surface area (Å²) in [5.41, 5.74) is 3.00. The van der Waals surface area contributed by atoms with Crippen molar-refractivity contribution >= 4 is 21.9 Å². The average molecular weight is 323 g/mol. The number of nitrogens with zero attached hydrogens (tertiary/aromatic N) is 2. The number of aryl methyl sites for hydroxylation is 2. The fraction of sp³-hybridized carbons (Fsp3) is 0.286. The topological polar surface area (TPSA) is 55.1 Å². The van der Waals surface area contributed by atoms with Gasteiger partial charge in [0.25, 0.3) is 0 Å². The Bertz CT molecular complexity index is 620. The smallest absolute Gasteiger partial charge is 0.303 e. The molecule has 0 saturated carbocycles. The van der Waals surface area contributed by atoms with Gasteiger partial charge in [0.1, 0.15) is 5.82 Å². The molecule has 0 aliphatic rings. The van der Waals surface area contributed by atoms with E-state index in [4.69, 9.17) is 5.11 Å². The zero-order valence-corrected chi connectivity index (χ0v) is 12.4. The van der Waals surface area contributed by atoms with Crippen LogP contribution in [0, 0.1) is 6.92 Å². The SMILES string of the molecule is Cc1nc(CCC(=O)O)n(C)c1-c1ccccc1Br. The molecule has 19 heavy (non-hydrogen) atoms. The van der Waals surface area contributed by atoms with Crippen molar-refractivity contribution < 1.29 is 9.90 Å². The summed E-state index contributed by atoms with van der Waals surface area (Å²) in [6, 6.07) is 7.95. The van der Waals surface area contributed by atoms with Crippen molar-refractivity contribution in [3.8, 4) is 11.3 Å². The van der Waals surface area contributed by atoms with E-state index in [1.54, 1.807) is 0 Å². The molecule has 1 aromatic carbocycles. The van der Waals surface area contributed by atoms with Crippen molar-refractivity contribution in [2.24, 2.45) is 7.05 Å². The predicted molar refractivity (Wildman–Crippen MR) is 77.0 cm³/mol. The quantitative estimate of drug-likeness (QED) is 0.940. The molecular formula is C14H15BrN2O2. The van der Waals surface area contributed by atoms with Gasteiger partial charge in [-0.2, -0.15) is 0 Å². The van der Waals surface area contributed by atoms with Crippen LogP contribution in [0.5, 0.6) is 0 Å². The summed E-state index contributed by atoms with van der Waals surface area (Å²) in [7, 11) is 1.92. The fourth-order valence-corrected chi connectivity index (χ4v) is 2.64. The Kier molecular flexibility index (Phi) is 4.04. The lowest BCUT2D eigenvalue weighted by molar-refractivity contribution is -0.137. The minimum absolute atomic E-state index is 0.0969. The monoisotopic (exact) mass is 322 g/mol. The lowest BCUT2D eigenvalue weighted by atomic mass is 10.1. The standard InChI is InChI=1S/C14H15BrN2O2/c1-9-14(10-5-3-4-6-11(10)15)17(2)12(16-9)7-8-13(18)19/h3-6H,7-8H2,1-2H3,(H,18,19). The van der Waals surface area contributed by atoms with Crippen molar-refractivity contribution in [3.05, 3.63) is 40.3 Å². The number of rotatable bonds is 4. The Hall–Kier alpha value is -1.62. The first-order valence-electron chi connectivity index (χ1n) is 5.99. The summed E-state index contributed by atoms with van der Waals surface area (Å²) < 4.78 is 2.98. The minimum atomic E-state index is -0.803. The van der Waals surface area contributed by atoms with Crippen molar-refractivity contribution in [1.82, 2.24) is 9.55 Å². The molecule has 0 amide bonds. The third kappa shape index (κ3) is 2.87. The normalized spacial score (nSPS) is 10.7. The zero-order chi connectivity index (χ0) is 14.0. The number of carbonyl (C=O) groups is 1. The molecule has 0 radical (unpaired) electrons. The molecule has 0 fully saturated rings. The van der Waals surface area contributed by atoms with Gasteiger partial charge < -0.3 is 9.67 Å². The largest absolute Gasteiger partial charge is 0.481 e. The Morgan fingerprint density at radius 1 is 1.42 bits per heavy atom. The van der Waals surface area contributed by atoms with E-state index in [0.717, 1.165) is 27.2 Å². The first-order chi connectivity index (χ1) is 9.00. The van der Waals surface area contributed by atoms with Gasteiger partial charge in [-0.05, 0) is 13.0 Å². The van der Waals surface area contributed by atoms with E-state index in [1.165, 1.54) is 0 Å². The summed E-state index contributed by atoms with van der Waals surface area (Å²) in [6.45, 7) is 1.94. The molecule has 5 heteroatoms. The second-order valence-electron chi connectivity index (χ2n) is 4.39. The van der Waals surface area contributed by atoms with E-state index in [1.807, 2.05) is 42.8 Å². The maximum Gasteiger partial charge on any atom is 0.303 e. The molecule has 2 rings (SSSR count). The molecule has 2 aromatic rings. The van der Waals surface area contributed by atoms with Gasteiger partial charge in [0.2, 0.25) is 0 Å². The molecular weight excluding hydrogens is 308 g/mol. The van der Waals surface area contributed by atoms with Crippen LogP contribution in [0.4, 0.5) is 0 Å². The molecule has 0 atom stereocenters. The molecule has 4 nitrogen and oxygen atoms in total. The Morgan fingerprint density at radius 3 is 2.74 bits per heavy atom. The van der Waals surface area contributed by atoms with Gasteiger partial charge >= 0.3 is 5.97 Å². The number of benzene rings is 1. The van der Waals surface area contributed by atoms with Crippen LogP contribution in [0.25, 0.3) is 11.3 Å². The van der Waals surface area contributed by atoms with Gasteiger partial charge in [0.05, 0.1) is 17.8 Å². The third-order valence-electron chi connectivity index (χ3n) is 3.05. The molecule has 0 unspecified atom stereocenters. The van der Waals surface area contributed by atoms with E-state index in [0.29, 0.717) is 6.42 Å². The van der Waals surface area contributed by atoms with Crippen molar-refractivity contribution in [3.63, 3.8) is 0 Å². The number of carboxylic acid groups (broad SMARTS) is 1. The highest BCUT2D eigenvalue weighted by molar-refractivity contribution is 9.10. The summed E-state index contributed by atoms with van der Waals surface area (Å²) in [5.74, 6) is -0.00579. The minimum Gasteiger partial charge on any atom is -0.481 e. The number of imidazole rings is 1. The number of hydrogen-bond acceptors (Lipinski definition) is 2. The Balaban J connectivity index is 2.42. The lowest BCUT2D eigenvalue weighted by Gasteiger charge is -2.08. The molecule has 0 bridgehead atoms. The van der Waals surface area contributed by atoms with Crippen molar-refractivity contribution in [1.29, 1.82) is 0 Å². The summed E-state index contributed by atoms with van der Waals surface area (Å²) in [4.78, 5) is 15.1. The predicted octanol–water partition coefficient (Wildman–Crippen LogP) is 3.18. The second kappa shape index (κ2) is 5.57. The number of carboxylic acids is 1. The number of aromatic nitrogens is 2. The van der Waals surface area contributed by atoms with Crippen LogP contribution >= 0.6 is 15.9 Å². The molecule has 0 saturated heterocycles. The highest BCUT2D eigenvalue weighted by Gasteiger charge is 2.15. The number of aliphatic carboxylic acids is 1. The van der Waals surface area contributed by atoms with Gasteiger partial charge in [-0.25, -0.2) is 4.98 Å². The van der Waals surface area contributed by atoms with Gasteiger partial charge in [-0.1, -0.05) is 34.1 Å². The number of halogens is 1. The van der Waals surface area contributed by atoms with Crippen molar-refractivity contribution in [2.45, 2.75) is 19.8 Å². The van der Waals surface area contributed by atoms with Crippen LogP contribution < -0.4 is 0 Å². The van der Waals surface area contributed by atoms with Crippen LogP contribution in [-0.4, -0.2) is 20.6 Å². The van der Waals surface area contributed by atoms with Crippen LogP contribution in [0.3, 0.4) is 0 Å². The maximum atomic E-state index is 10.7. The van der Waals surface area contributed by atoms with Gasteiger partial charge in [-0.15, -0.1) is 0 Å². The second-order valence-corrected chi connectivity index (χ2v) is 5.25. The Labute approximate surface area is 120 Å². The van der Waals surface area contributed by atoms with Crippen LogP contribution in [0.15, 0.2) is 28.7 Å². The summed E-state index contributed by atoms with van der Waals surface area (Å²) >= 11 is 3.54. The number of hydrogen-bond donors (Lipinski definition) is 1. The van der Waals surface area contributed by atoms with Gasteiger partial charge in [-0.3, -0.25) is 4.79 Å². The third-order valence-corrected chi connectivity index (χ3v) is 3.74. The zero-order valence-electron chi connectivity index (χ0n) is 10.9. The van der Waals surface area contributed by atoms with E-state index >= 15 is 0 Å². The molecule has 0 aliphatic heterocycles. The Morgan fingerprint density at radius 2 is 2.11 bits per heavy atom. The molecule has 100 valence electrons. The molecule has 0 spiro atoms. The highest BCUT2D eigenvalue weighted by Crippen LogP contribution is 2.30. The van der Waals surface area contributed by atoms with Crippen LogP contribution in [0.1, 0.15) is 17.9 Å². The van der Waals surface area contributed by atoms with Gasteiger partial charge in [0.15, 0.2) is 0 Å². The molecule has 1 N–H and O–H groups in total. The summed E-state index contributed by atoms with van der Waals surface area (Å²) in [5, 5.41) is 8.76. The fourth-order valence-electron chi connectivity index (χ4n) is 2.16. The van der Waals surface area contributed by atoms with E-state index in [-0.39, 0.29) is 6.42 Å².